The number of amides is 2. The van der Waals surface area contributed by atoms with E-state index in [1.807, 2.05) is 54.6 Å². The van der Waals surface area contributed by atoms with Gasteiger partial charge in [0.05, 0.1) is 6.61 Å². The van der Waals surface area contributed by atoms with Gasteiger partial charge in [-0.15, -0.1) is 11.6 Å². The standard InChI is InChI=1S/C29H39ClN2O3/c1-2-3-4-11-20-35-26-18-16-24(17-19-26)28(29(34)31-25-14-9-6-10-15-25)32(27(33)21-30)22-23-12-7-5-8-13-23/h5,7-8,12-13,16-19,25,28H,2-4,6,9-11,14-15,20-22H2,1H3,(H,31,34)/t28-/m0/s1. The van der Waals surface area contributed by atoms with Gasteiger partial charge in [-0.25, -0.2) is 0 Å². The maximum Gasteiger partial charge on any atom is 0.247 e. The number of carbonyl (C=O) groups excluding carboxylic acids is 2. The second-order valence-corrected chi connectivity index (χ2v) is 9.63. The molecule has 1 atom stereocenters. The molecule has 0 saturated heterocycles. The summed E-state index contributed by atoms with van der Waals surface area (Å²) in [5, 5.41) is 3.22. The normalized spacial score (nSPS) is 14.8. The summed E-state index contributed by atoms with van der Waals surface area (Å²) in [7, 11) is 0. The first-order chi connectivity index (χ1) is 17.1. The van der Waals surface area contributed by atoms with Crippen molar-refractivity contribution in [1.29, 1.82) is 0 Å². The van der Waals surface area contributed by atoms with Gasteiger partial charge in [0.15, 0.2) is 0 Å². The van der Waals surface area contributed by atoms with Crippen LogP contribution in [0.15, 0.2) is 54.6 Å². The van der Waals surface area contributed by atoms with Crippen LogP contribution >= 0.6 is 11.6 Å². The highest BCUT2D eigenvalue weighted by molar-refractivity contribution is 6.27. The second-order valence-electron chi connectivity index (χ2n) is 9.37. The van der Waals surface area contributed by atoms with Crippen molar-refractivity contribution in [2.75, 3.05) is 12.5 Å². The highest BCUT2D eigenvalue weighted by Crippen LogP contribution is 2.27. The molecule has 0 radical (unpaired) electrons. The summed E-state index contributed by atoms with van der Waals surface area (Å²) in [6, 6.07) is 16.7. The molecule has 0 aliphatic heterocycles. The average molecular weight is 499 g/mol. The SMILES string of the molecule is CCCCCCOc1ccc([C@@H](C(=O)NC2CCCCC2)N(Cc2ccccc2)C(=O)CCl)cc1. The van der Waals surface area contributed by atoms with Gasteiger partial charge in [0.2, 0.25) is 11.8 Å². The lowest BCUT2D eigenvalue weighted by atomic mass is 9.94. The maximum atomic E-state index is 13.6. The number of nitrogens with one attached hydrogen (secondary N) is 1. The number of hydrogen-bond acceptors (Lipinski definition) is 3. The van der Waals surface area contributed by atoms with Gasteiger partial charge < -0.3 is 15.0 Å². The number of unbranched alkanes of at least 4 members (excludes halogenated alkanes) is 3. The van der Waals surface area contributed by atoms with E-state index in [1.165, 1.54) is 19.3 Å². The zero-order chi connectivity index (χ0) is 24.9. The van der Waals surface area contributed by atoms with Crippen molar-refractivity contribution in [3.63, 3.8) is 0 Å². The molecule has 1 saturated carbocycles. The minimum Gasteiger partial charge on any atom is -0.494 e. The Kier molecular flexibility index (Phi) is 11.4. The number of ether oxygens (including phenoxy) is 1. The molecule has 1 fully saturated rings. The molecule has 190 valence electrons. The first kappa shape index (κ1) is 27.1. The summed E-state index contributed by atoms with van der Waals surface area (Å²) >= 11 is 6.02. The molecule has 2 aromatic carbocycles. The highest BCUT2D eigenvalue weighted by Gasteiger charge is 2.32. The lowest BCUT2D eigenvalue weighted by Crippen LogP contribution is -2.47. The van der Waals surface area contributed by atoms with Crippen LogP contribution in [0.4, 0.5) is 0 Å². The molecular weight excluding hydrogens is 460 g/mol. The van der Waals surface area contributed by atoms with Gasteiger partial charge >= 0.3 is 0 Å². The lowest BCUT2D eigenvalue weighted by molar-refractivity contribution is -0.140. The number of halogens is 1. The molecule has 0 bridgehead atoms. The zero-order valence-electron chi connectivity index (χ0n) is 20.9. The fraction of sp³-hybridized carbons (Fsp3) is 0.517. The van der Waals surface area contributed by atoms with Crippen LogP contribution < -0.4 is 10.1 Å². The van der Waals surface area contributed by atoms with Gasteiger partial charge in [0.1, 0.15) is 17.7 Å². The van der Waals surface area contributed by atoms with Crippen LogP contribution in [0.1, 0.15) is 81.9 Å². The molecule has 0 spiro atoms. The number of alkyl halides is 1. The third-order valence-electron chi connectivity index (χ3n) is 6.60. The van der Waals surface area contributed by atoms with Crippen molar-refractivity contribution in [3.05, 3.63) is 65.7 Å². The summed E-state index contributed by atoms with van der Waals surface area (Å²) in [4.78, 5) is 28.3. The maximum absolute atomic E-state index is 13.6. The van der Waals surface area contributed by atoms with E-state index in [-0.39, 0.29) is 23.7 Å². The van der Waals surface area contributed by atoms with Crippen LogP contribution in [0.3, 0.4) is 0 Å². The monoisotopic (exact) mass is 498 g/mol. The lowest BCUT2D eigenvalue weighted by Gasteiger charge is -2.33. The van der Waals surface area contributed by atoms with E-state index in [9.17, 15) is 9.59 Å². The summed E-state index contributed by atoms with van der Waals surface area (Å²) in [6.45, 7) is 3.18. The Morgan fingerprint density at radius 2 is 1.71 bits per heavy atom. The van der Waals surface area contributed by atoms with Crippen molar-refractivity contribution in [2.45, 2.75) is 83.3 Å². The Balaban J connectivity index is 1.81. The zero-order valence-corrected chi connectivity index (χ0v) is 21.6. The van der Waals surface area contributed by atoms with Gasteiger partial charge in [-0.1, -0.05) is 87.9 Å². The van der Waals surface area contributed by atoms with Gasteiger partial charge in [-0.05, 0) is 42.5 Å². The molecule has 1 N–H and O–H groups in total. The molecule has 2 aromatic rings. The molecule has 1 aliphatic rings. The Labute approximate surface area is 215 Å². The van der Waals surface area contributed by atoms with Crippen LogP contribution in [0.5, 0.6) is 5.75 Å². The van der Waals surface area contributed by atoms with E-state index in [2.05, 4.69) is 12.2 Å². The number of hydrogen-bond donors (Lipinski definition) is 1. The van der Waals surface area contributed by atoms with Crippen molar-refractivity contribution in [2.24, 2.45) is 0 Å². The molecule has 2 amide bonds. The van der Waals surface area contributed by atoms with E-state index in [1.54, 1.807) is 4.90 Å². The summed E-state index contributed by atoms with van der Waals surface area (Å²) in [5.74, 6) is 0.170. The van der Waals surface area contributed by atoms with E-state index in [0.29, 0.717) is 13.2 Å². The first-order valence-corrected chi connectivity index (χ1v) is 13.6. The second kappa shape index (κ2) is 14.8. The molecular formula is C29H39ClN2O3. The topological polar surface area (TPSA) is 58.6 Å². The smallest absolute Gasteiger partial charge is 0.247 e. The molecule has 6 heteroatoms. The van der Waals surface area contributed by atoms with Gasteiger partial charge in [-0.3, -0.25) is 9.59 Å². The van der Waals surface area contributed by atoms with Crippen LogP contribution in [0, 0.1) is 0 Å². The highest BCUT2D eigenvalue weighted by atomic mass is 35.5. The number of nitrogens with zero attached hydrogens (tertiary/aromatic N) is 1. The number of benzene rings is 2. The van der Waals surface area contributed by atoms with Gasteiger partial charge in [0, 0.05) is 12.6 Å². The van der Waals surface area contributed by atoms with E-state index in [0.717, 1.165) is 55.4 Å². The largest absolute Gasteiger partial charge is 0.494 e. The molecule has 5 nitrogen and oxygen atoms in total. The van der Waals surface area contributed by atoms with E-state index < -0.39 is 6.04 Å². The van der Waals surface area contributed by atoms with Crippen LogP contribution in [0.25, 0.3) is 0 Å². The molecule has 35 heavy (non-hydrogen) atoms. The Bertz CT molecular complexity index is 898. The van der Waals surface area contributed by atoms with Crippen molar-refractivity contribution >= 4 is 23.4 Å². The van der Waals surface area contributed by atoms with E-state index >= 15 is 0 Å². The third kappa shape index (κ3) is 8.57. The summed E-state index contributed by atoms with van der Waals surface area (Å²) < 4.78 is 5.89. The molecule has 0 unspecified atom stereocenters. The molecule has 1 aliphatic carbocycles. The van der Waals surface area contributed by atoms with Crippen molar-refractivity contribution in [3.8, 4) is 5.75 Å². The Morgan fingerprint density at radius 3 is 2.37 bits per heavy atom. The van der Waals surface area contributed by atoms with Gasteiger partial charge in [-0.2, -0.15) is 0 Å². The van der Waals surface area contributed by atoms with E-state index in [4.69, 9.17) is 16.3 Å². The first-order valence-electron chi connectivity index (χ1n) is 13.0. The third-order valence-corrected chi connectivity index (χ3v) is 6.83. The summed E-state index contributed by atoms with van der Waals surface area (Å²) in [5.41, 5.74) is 1.71. The van der Waals surface area contributed by atoms with Crippen molar-refractivity contribution < 1.29 is 14.3 Å². The van der Waals surface area contributed by atoms with Gasteiger partial charge in [0.25, 0.3) is 0 Å². The van der Waals surface area contributed by atoms with Crippen molar-refractivity contribution in [1.82, 2.24) is 10.2 Å². The average Bonchev–Trinajstić information content (AvgIpc) is 2.89. The molecule has 0 heterocycles. The van der Waals surface area contributed by atoms with Crippen LogP contribution in [-0.2, 0) is 16.1 Å². The predicted molar refractivity (Wildman–Crippen MR) is 142 cm³/mol. The van der Waals surface area contributed by atoms with Crippen LogP contribution in [0.2, 0.25) is 0 Å². The van der Waals surface area contributed by atoms with Crippen LogP contribution in [-0.4, -0.2) is 35.2 Å². The molecule has 3 rings (SSSR count). The minimum atomic E-state index is -0.762. The predicted octanol–water partition coefficient (Wildman–Crippen LogP) is 6.40. The Hall–Kier alpha value is -2.53. The fourth-order valence-corrected chi connectivity index (χ4v) is 4.80. The Morgan fingerprint density at radius 1 is 1.00 bits per heavy atom. The molecule has 0 aromatic heterocycles. The minimum absolute atomic E-state index is 0.147. The summed E-state index contributed by atoms with van der Waals surface area (Å²) in [6.07, 6.45) is 10.00. The number of rotatable bonds is 13. The quantitative estimate of drug-likeness (QED) is 0.256. The fourth-order valence-electron chi connectivity index (χ4n) is 4.65. The number of carbonyl (C=O) groups is 2.